The van der Waals surface area contributed by atoms with Crippen LogP contribution in [0, 0.1) is 6.92 Å². The molecule has 0 amide bonds. The SMILES string of the molecule is CCNc1cc(N2CCc3cc(Cl)ccc3C2)nc(C)n1. The highest BCUT2D eigenvalue weighted by Crippen LogP contribution is 2.26. The van der Waals surface area contributed by atoms with Gasteiger partial charge in [-0.1, -0.05) is 17.7 Å². The molecule has 2 heterocycles. The predicted molar refractivity (Wildman–Crippen MR) is 87.1 cm³/mol. The molecule has 21 heavy (non-hydrogen) atoms. The van der Waals surface area contributed by atoms with E-state index in [9.17, 15) is 0 Å². The van der Waals surface area contributed by atoms with Crippen molar-refractivity contribution in [3.05, 3.63) is 46.2 Å². The Labute approximate surface area is 130 Å². The first-order valence-electron chi connectivity index (χ1n) is 7.27. The molecule has 0 fully saturated rings. The molecule has 1 aliphatic heterocycles. The number of hydrogen-bond acceptors (Lipinski definition) is 4. The quantitative estimate of drug-likeness (QED) is 0.943. The lowest BCUT2D eigenvalue weighted by Gasteiger charge is -2.30. The second-order valence-corrected chi connectivity index (χ2v) is 5.71. The minimum Gasteiger partial charge on any atom is -0.370 e. The molecule has 110 valence electrons. The van der Waals surface area contributed by atoms with Crippen LogP contribution in [-0.4, -0.2) is 23.1 Å². The number of hydrogen-bond donors (Lipinski definition) is 1. The average molecular weight is 303 g/mol. The number of halogens is 1. The van der Waals surface area contributed by atoms with E-state index in [2.05, 4.69) is 39.2 Å². The number of nitrogens with one attached hydrogen (secondary N) is 1. The summed E-state index contributed by atoms with van der Waals surface area (Å²) in [5.41, 5.74) is 2.67. The van der Waals surface area contributed by atoms with Crippen molar-refractivity contribution in [2.24, 2.45) is 0 Å². The summed E-state index contributed by atoms with van der Waals surface area (Å²) in [5, 5.41) is 4.07. The van der Waals surface area contributed by atoms with Crippen molar-refractivity contribution >= 4 is 23.2 Å². The van der Waals surface area contributed by atoms with Crippen LogP contribution >= 0.6 is 11.6 Å². The molecule has 2 aromatic rings. The highest BCUT2D eigenvalue weighted by molar-refractivity contribution is 6.30. The van der Waals surface area contributed by atoms with Gasteiger partial charge in [-0.3, -0.25) is 0 Å². The number of aryl methyl sites for hydroxylation is 1. The van der Waals surface area contributed by atoms with Gasteiger partial charge >= 0.3 is 0 Å². The van der Waals surface area contributed by atoms with E-state index in [1.165, 1.54) is 11.1 Å². The van der Waals surface area contributed by atoms with Crippen molar-refractivity contribution in [2.45, 2.75) is 26.8 Å². The first-order chi connectivity index (χ1) is 10.2. The smallest absolute Gasteiger partial charge is 0.134 e. The molecule has 1 aromatic heterocycles. The highest BCUT2D eigenvalue weighted by atomic mass is 35.5. The Morgan fingerprint density at radius 2 is 2.10 bits per heavy atom. The molecular weight excluding hydrogens is 284 g/mol. The first kappa shape index (κ1) is 14.1. The molecule has 4 nitrogen and oxygen atoms in total. The lowest BCUT2D eigenvalue weighted by molar-refractivity contribution is 0.717. The number of nitrogens with zero attached hydrogens (tertiary/aromatic N) is 3. The first-order valence-corrected chi connectivity index (χ1v) is 7.65. The molecule has 5 heteroatoms. The molecule has 0 aliphatic carbocycles. The highest BCUT2D eigenvalue weighted by Gasteiger charge is 2.18. The van der Waals surface area contributed by atoms with Crippen LogP contribution in [0.15, 0.2) is 24.3 Å². The maximum atomic E-state index is 6.06. The third-order valence-corrected chi connectivity index (χ3v) is 3.92. The summed E-state index contributed by atoms with van der Waals surface area (Å²) < 4.78 is 0. The zero-order chi connectivity index (χ0) is 14.8. The van der Waals surface area contributed by atoms with Crippen molar-refractivity contribution < 1.29 is 0 Å². The van der Waals surface area contributed by atoms with Crippen LogP contribution in [-0.2, 0) is 13.0 Å². The molecular formula is C16H19ClN4. The Morgan fingerprint density at radius 3 is 2.90 bits per heavy atom. The molecule has 0 radical (unpaired) electrons. The van der Waals surface area contributed by atoms with Crippen molar-refractivity contribution in [3.63, 3.8) is 0 Å². The van der Waals surface area contributed by atoms with Gasteiger partial charge in [0.05, 0.1) is 0 Å². The largest absolute Gasteiger partial charge is 0.370 e. The van der Waals surface area contributed by atoms with Crippen LogP contribution in [0.4, 0.5) is 11.6 Å². The molecule has 3 rings (SSSR count). The van der Waals surface area contributed by atoms with Crippen molar-refractivity contribution in [1.82, 2.24) is 9.97 Å². The Bertz CT molecular complexity index is 657. The fraction of sp³-hybridized carbons (Fsp3) is 0.375. The van der Waals surface area contributed by atoms with Crippen LogP contribution in [0.25, 0.3) is 0 Å². The Balaban J connectivity index is 1.87. The number of anilines is 2. The topological polar surface area (TPSA) is 41.0 Å². The lowest BCUT2D eigenvalue weighted by atomic mass is 10.00. The fourth-order valence-corrected chi connectivity index (χ4v) is 2.90. The van der Waals surface area contributed by atoms with E-state index < -0.39 is 0 Å². The summed E-state index contributed by atoms with van der Waals surface area (Å²) in [6, 6.07) is 8.17. The van der Waals surface area contributed by atoms with Crippen molar-refractivity contribution in [2.75, 3.05) is 23.3 Å². The van der Waals surface area contributed by atoms with Crippen molar-refractivity contribution in [1.29, 1.82) is 0 Å². The summed E-state index contributed by atoms with van der Waals surface area (Å²) >= 11 is 6.06. The summed E-state index contributed by atoms with van der Waals surface area (Å²) in [6.45, 7) is 6.68. The fourth-order valence-electron chi connectivity index (χ4n) is 2.70. The van der Waals surface area contributed by atoms with E-state index in [1.54, 1.807) is 0 Å². The van der Waals surface area contributed by atoms with Crippen LogP contribution in [0.1, 0.15) is 23.9 Å². The number of rotatable bonds is 3. The van der Waals surface area contributed by atoms with Gasteiger partial charge < -0.3 is 10.2 Å². The van der Waals surface area contributed by atoms with Gasteiger partial charge in [0.15, 0.2) is 0 Å². The molecule has 0 saturated heterocycles. The normalized spacial score (nSPS) is 14.0. The lowest BCUT2D eigenvalue weighted by Crippen LogP contribution is -2.31. The summed E-state index contributed by atoms with van der Waals surface area (Å²) in [5.74, 6) is 2.67. The van der Waals surface area contributed by atoms with E-state index in [4.69, 9.17) is 11.6 Å². The van der Waals surface area contributed by atoms with E-state index in [0.29, 0.717) is 0 Å². The van der Waals surface area contributed by atoms with E-state index in [0.717, 1.165) is 48.5 Å². The van der Waals surface area contributed by atoms with E-state index in [1.807, 2.05) is 19.1 Å². The monoisotopic (exact) mass is 302 g/mol. The zero-order valence-electron chi connectivity index (χ0n) is 12.4. The van der Waals surface area contributed by atoms with Gasteiger partial charge in [0.25, 0.3) is 0 Å². The maximum absolute atomic E-state index is 6.06. The molecule has 0 spiro atoms. The Hall–Kier alpha value is -1.81. The Morgan fingerprint density at radius 1 is 1.24 bits per heavy atom. The van der Waals surface area contributed by atoms with Crippen molar-refractivity contribution in [3.8, 4) is 0 Å². The average Bonchev–Trinajstić information content (AvgIpc) is 2.46. The number of fused-ring (bicyclic) bond motifs is 1. The van der Waals surface area contributed by atoms with Crippen LogP contribution in [0.5, 0.6) is 0 Å². The standard InChI is InChI=1S/C16H19ClN4/c1-3-18-15-9-16(20-11(2)19-15)21-7-6-12-8-14(17)5-4-13(12)10-21/h4-5,8-9H,3,6-7,10H2,1-2H3,(H,18,19,20). The predicted octanol–water partition coefficient (Wildman–Crippen LogP) is 3.43. The van der Waals surface area contributed by atoms with Gasteiger partial charge in [0.1, 0.15) is 17.5 Å². The molecule has 0 saturated carbocycles. The molecule has 0 bridgehead atoms. The minimum atomic E-state index is 0.797. The number of benzene rings is 1. The van der Waals surface area contributed by atoms with Crippen LogP contribution < -0.4 is 10.2 Å². The van der Waals surface area contributed by atoms with Gasteiger partial charge in [-0.25, -0.2) is 9.97 Å². The maximum Gasteiger partial charge on any atom is 0.134 e. The molecule has 1 aliphatic rings. The van der Waals surface area contributed by atoms with Gasteiger partial charge in [-0.05, 0) is 43.5 Å². The minimum absolute atomic E-state index is 0.797. The second kappa shape index (κ2) is 5.90. The third kappa shape index (κ3) is 3.10. The van der Waals surface area contributed by atoms with Crippen LogP contribution in [0.2, 0.25) is 5.02 Å². The molecule has 1 N–H and O–H groups in total. The summed E-state index contributed by atoms with van der Waals surface area (Å²) in [4.78, 5) is 11.3. The summed E-state index contributed by atoms with van der Waals surface area (Å²) in [6.07, 6.45) is 0.996. The van der Waals surface area contributed by atoms with Crippen LogP contribution in [0.3, 0.4) is 0 Å². The summed E-state index contributed by atoms with van der Waals surface area (Å²) in [7, 11) is 0. The molecule has 0 atom stereocenters. The van der Waals surface area contributed by atoms with Gasteiger partial charge in [0, 0.05) is 30.7 Å². The van der Waals surface area contributed by atoms with Gasteiger partial charge in [-0.2, -0.15) is 0 Å². The molecule has 1 aromatic carbocycles. The van der Waals surface area contributed by atoms with E-state index in [-0.39, 0.29) is 0 Å². The zero-order valence-corrected chi connectivity index (χ0v) is 13.1. The van der Waals surface area contributed by atoms with Gasteiger partial charge in [0.2, 0.25) is 0 Å². The number of aromatic nitrogens is 2. The second-order valence-electron chi connectivity index (χ2n) is 5.27. The third-order valence-electron chi connectivity index (χ3n) is 3.69. The Kier molecular flexibility index (Phi) is 3.97. The van der Waals surface area contributed by atoms with Gasteiger partial charge in [-0.15, -0.1) is 0 Å². The molecule has 0 unspecified atom stereocenters. The van der Waals surface area contributed by atoms with E-state index >= 15 is 0 Å².